The molecule has 0 saturated heterocycles. The maximum atomic E-state index is 13.2. The van der Waals surface area contributed by atoms with E-state index < -0.39 is 23.3 Å². The summed E-state index contributed by atoms with van der Waals surface area (Å²) >= 11 is 0. The number of hydrogen-bond donors (Lipinski definition) is 3. The average molecular weight is 306 g/mol. The Labute approximate surface area is 125 Å². The van der Waals surface area contributed by atoms with Crippen molar-refractivity contribution in [3.05, 3.63) is 54.0 Å². The van der Waals surface area contributed by atoms with Gasteiger partial charge in [0.05, 0.1) is 12.8 Å². The number of nitrogens with one attached hydrogen (secondary N) is 2. The summed E-state index contributed by atoms with van der Waals surface area (Å²) in [5.41, 5.74) is 3.92. The highest BCUT2D eigenvalue weighted by atomic mass is 19.1. The Kier molecular flexibility index (Phi) is 4.40. The van der Waals surface area contributed by atoms with Crippen molar-refractivity contribution in [3.63, 3.8) is 0 Å². The minimum atomic E-state index is -1.76. The van der Waals surface area contributed by atoms with E-state index in [1.807, 2.05) is 0 Å². The van der Waals surface area contributed by atoms with Gasteiger partial charge in [-0.15, -0.1) is 0 Å². The van der Waals surface area contributed by atoms with E-state index in [4.69, 9.17) is 20.3 Å². The third-order valence-corrected chi connectivity index (χ3v) is 2.93. The maximum absolute atomic E-state index is 13.2. The first-order valence-electron chi connectivity index (χ1n) is 6.46. The first kappa shape index (κ1) is 15.5. The summed E-state index contributed by atoms with van der Waals surface area (Å²) in [7, 11) is 0. The summed E-state index contributed by atoms with van der Waals surface area (Å²) < 4.78 is 23.5. The van der Waals surface area contributed by atoms with Gasteiger partial charge in [0.2, 0.25) is 11.4 Å². The smallest absolute Gasteiger partial charge is 0.346 e. The topological polar surface area (TPSA) is 114 Å². The van der Waals surface area contributed by atoms with E-state index in [0.717, 1.165) is 0 Å². The Balaban J connectivity index is 2.66. The number of aromatic nitrogens is 1. The molecule has 1 aromatic heterocycles. The molecule has 0 aliphatic heterocycles. The highest BCUT2D eigenvalue weighted by Crippen LogP contribution is 2.30. The van der Waals surface area contributed by atoms with Gasteiger partial charge < -0.3 is 20.2 Å². The maximum Gasteiger partial charge on any atom is 0.346 e. The normalized spacial score (nSPS) is 13.2. The minimum Gasteiger partial charge on any atom is -0.464 e. The summed E-state index contributed by atoms with van der Waals surface area (Å²) in [6.07, 6.45) is 2.61. The van der Waals surface area contributed by atoms with Crippen LogP contribution in [0.3, 0.4) is 0 Å². The van der Waals surface area contributed by atoms with Gasteiger partial charge in [0.1, 0.15) is 12.1 Å². The Morgan fingerprint density at radius 3 is 2.68 bits per heavy atom. The van der Waals surface area contributed by atoms with Crippen LogP contribution in [-0.4, -0.2) is 23.5 Å². The lowest BCUT2D eigenvalue weighted by Crippen LogP contribution is -2.55. The van der Waals surface area contributed by atoms with Crippen LogP contribution in [0.25, 0.3) is 0 Å². The van der Waals surface area contributed by atoms with E-state index in [0.29, 0.717) is 0 Å². The highest BCUT2D eigenvalue weighted by Gasteiger charge is 2.48. The van der Waals surface area contributed by atoms with Crippen molar-refractivity contribution >= 4 is 11.9 Å². The molecule has 0 radical (unpaired) electrons. The Morgan fingerprint density at radius 1 is 1.50 bits per heavy atom. The van der Waals surface area contributed by atoms with Gasteiger partial charge in [-0.2, -0.15) is 0 Å². The molecule has 1 atom stereocenters. The van der Waals surface area contributed by atoms with Gasteiger partial charge in [-0.05, 0) is 24.6 Å². The van der Waals surface area contributed by atoms with Crippen molar-refractivity contribution < 1.29 is 18.3 Å². The molecule has 0 aliphatic rings. The number of oxazole rings is 1. The molecule has 2 aromatic rings. The average Bonchev–Trinajstić information content (AvgIpc) is 3.00. The SMILES string of the molecule is CCOC(=O)C(NC(=N)N)(c1ccc(F)cc1)c1ncco1. The molecule has 0 saturated carbocycles. The van der Waals surface area contributed by atoms with Gasteiger partial charge in [-0.25, -0.2) is 14.2 Å². The number of hydrogen-bond acceptors (Lipinski definition) is 5. The van der Waals surface area contributed by atoms with Crippen molar-refractivity contribution in [3.8, 4) is 0 Å². The lowest BCUT2D eigenvalue weighted by Gasteiger charge is -2.29. The molecule has 8 heteroatoms. The van der Waals surface area contributed by atoms with Crippen molar-refractivity contribution in [2.45, 2.75) is 12.5 Å². The molecule has 0 amide bonds. The quantitative estimate of drug-likeness (QED) is 0.433. The molecule has 4 N–H and O–H groups in total. The predicted molar refractivity (Wildman–Crippen MR) is 75.4 cm³/mol. The monoisotopic (exact) mass is 306 g/mol. The van der Waals surface area contributed by atoms with Crippen molar-refractivity contribution in [2.75, 3.05) is 6.61 Å². The number of guanidine groups is 1. The van der Waals surface area contributed by atoms with Crippen molar-refractivity contribution in [1.29, 1.82) is 5.41 Å². The Morgan fingerprint density at radius 2 is 2.18 bits per heavy atom. The van der Waals surface area contributed by atoms with Crippen LogP contribution >= 0.6 is 0 Å². The molecular formula is C14H15FN4O3. The van der Waals surface area contributed by atoms with Crippen LogP contribution < -0.4 is 11.1 Å². The predicted octanol–water partition coefficient (Wildman–Crippen LogP) is 1.10. The molecular weight excluding hydrogens is 291 g/mol. The van der Waals surface area contributed by atoms with Gasteiger partial charge >= 0.3 is 5.97 Å². The van der Waals surface area contributed by atoms with E-state index in [1.165, 1.54) is 36.7 Å². The number of esters is 1. The highest BCUT2D eigenvalue weighted by molar-refractivity contribution is 5.91. The summed E-state index contributed by atoms with van der Waals surface area (Å²) in [5.74, 6) is -1.79. The number of carbonyl (C=O) groups is 1. The van der Waals surface area contributed by atoms with Crippen LogP contribution in [0.1, 0.15) is 18.4 Å². The summed E-state index contributed by atoms with van der Waals surface area (Å²) in [4.78, 5) is 16.5. The van der Waals surface area contributed by atoms with Crippen LogP contribution in [0.5, 0.6) is 0 Å². The zero-order valence-corrected chi connectivity index (χ0v) is 11.8. The number of halogens is 1. The molecule has 116 valence electrons. The fraction of sp³-hybridized carbons (Fsp3) is 0.214. The van der Waals surface area contributed by atoms with Crippen LogP contribution in [0, 0.1) is 11.2 Å². The molecule has 0 bridgehead atoms. The van der Waals surface area contributed by atoms with E-state index in [-0.39, 0.29) is 18.1 Å². The number of benzene rings is 1. The largest absolute Gasteiger partial charge is 0.464 e. The molecule has 1 unspecified atom stereocenters. The summed E-state index contributed by atoms with van der Waals surface area (Å²) in [6, 6.07) is 5.08. The second-order valence-electron chi connectivity index (χ2n) is 4.35. The van der Waals surface area contributed by atoms with Crippen LogP contribution in [0.15, 0.2) is 41.1 Å². The second-order valence-corrected chi connectivity index (χ2v) is 4.35. The number of carbonyl (C=O) groups excluding carboxylic acids is 1. The second kappa shape index (κ2) is 6.25. The Bertz CT molecular complexity index is 657. The van der Waals surface area contributed by atoms with Crippen molar-refractivity contribution in [2.24, 2.45) is 5.73 Å². The van der Waals surface area contributed by atoms with E-state index in [2.05, 4.69) is 10.3 Å². The first-order valence-corrected chi connectivity index (χ1v) is 6.46. The standard InChI is InChI=1S/C14H15FN4O3/c1-2-21-12(20)14(19-13(16)17,11-18-7-8-22-11)9-3-5-10(15)6-4-9/h3-8H,2H2,1H3,(H4,16,17,19). The first-order chi connectivity index (χ1) is 10.5. The molecule has 0 fully saturated rings. The van der Waals surface area contributed by atoms with Gasteiger partial charge in [0, 0.05) is 0 Å². The number of ether oxygens (including phenoxy) is 1. The lowest BCUT2D eigenvalue weighted by molar-refractivity contribution is -0.150. The number of nitrogens with two attached hydrogens (primary N) is 1. The van der Waals surface area contributed by atoms with Crippen LogP contribution in [0.4, 0.5) is 4.39 Å². The van der Waals surface area contributed by atoms with Crippen LogP contribution in [-0.2, 0) is 15.1 Å². The molecule has 1 heterocycles. The molecule has 22 heavy (non-hydrogen) atoms. The zero-order valence-electron chi connectivity index (χ0n) is 11.8. The zero-order chi connectivity index (χ0) is 16.2. The fourth-order valence-electron chi connectivity index (χ4n) is 2.06. The summed E-state index contributed by atoms with van der Waals surface area (Å²) in [6.45, 7) is 1.73. The molecule has 0 spiro atoms. The van der Waals surface area contributed by atoms with E-state index in [9.17, 15) is 9.18 Å². The molecule has 1 aromatic carbocycles. The van der Waals surface area contributed by atoms with Gasteiger partial charge in [-0.1, -0.05) is 12.1 Å². The van der Waals surface area contributed by atoms with E-state index in [1.54, 1.807) is 6.92 Å². The molecule has 2 rings (SSSR count). The summed E-state index contributed by atoms with van der Waals surface area (Å²) in [5, 5.41) is 10.0. The number of rotatable bonds is 5. The minimum absolute atomic E-state index is 0.0623. The third kappa shape index (κ3) is 2.76. The molecule has 7 nitrogen and oxygen atoms in total. The lowest BCUT2D eigenvalue weighted by atomic mass is 9.89. The van der Waals surface area contributed by atoms with Crippen molar-refractivity contribution in [1.82, 2.24) is 10.3 Å². The van der Waals surface area contributed by atoms with Gasteiger partial charge in [-0.3, -0.25) is 5.41 Å². The third-order valence-electron chi connectivity index (χ3n) is 2.93. The fourth-order valence-corrected chi connectivity index (χ4v) is 2.06. The van der Waals surface area contributed by atoms with Crippen LogP contribution in [0.2, 0.25) is 0 Å². The molecule has 0 aliphatic carbocycles. The van der Waals surface area contributed by atoms with E-state index >= 15 is 0 Å². The van der Waals surface area contributed by atoms with Gasteiger partial charge in [0.25, 0.3) is 0 Å². The Hall–Kier alpha value is -2.90. The number of nitrogens with zero attached hydrogens (tertiary/aromatic N) is 1. The van der Waals surface area contributed by atoms with Gasteiger partial charge in [0.15, 0.2) is 5.96 Å².